The molecule has 0 aromatic heterocycles. The van der Waals surface area contributed by atoms with Crippen molar-refractivity contribution < 1.29 is 9.53 Å². The van der Waals surface area contributed by atoms with Crippen LogP contribution in [-0.2, 0) is 11.2 Å². The predicted octanol–water partition coefficient (Wildman–Crippen LogP) is 4.11. The summed E-state index contributed by atoms with van der Waals surface area (Å²) in [5.74, 6) is 0.713. The number of carbonyl (C=O) groups excluding carboxylic acids is 1. The molecule has 4 heteroatoms. The largest absolute Gasteiger partial charge is 0.494 e. The first-order valence-electron chi connectivity index (χ1n) is 7.89. The lowest BCUT2D eigenvalue weighted by atomic mass is 10.1. The maximum Gasteiger partial charge on any atom is 0.242 e. The lowest BCUT2D eigenvalue weighted by molar-refractivity contribution is -0.120. The molecule has 0 saturated heterocycles. The third kappa shape index (κ3) is 5.61. The third-order valence-electron chi connectivity index (χ3n) is 3.43. The summed E-state index contributed by atoms with van der Waals surface area (Å²) in [4.78, 5) is 12.0. The Labute approximate surface area is 142 Å². The highest BCUT2D eigenvalue weighted by molar-refractivity contribution is 6.30. The van der Waals surface area contributed by atoms with Crippen LogP contribution in [0.4, 0.5) is 0 Å². The Kier molecular flexibility index (Phi) is 6.95. The van der Waals surface area contributed by atoms with Gasteiger partial charge in [-0.3, -0.25) is 4.79 Å². The third-order valence-corrected chi connectivity index (χ3v) is 3.88. The molecule has 0 heterocycles. The first-order valence-corrected chi connectivity index (χ1v) is 8.33. The van der Waals surface area contributed by atoms with Crippen LogP contribution in [0.3, 0.4) is 0 Å². The molecule has 0 radical (unpaired) electrons. The molecule has 2 aromatic carbocycles. The van der Waals surface area contributed by atoms with Crippen molar-refractivity contribution in [2.45, 2.75) is 25.1 Å². The van der Waals surface area contributed by atoms with Crippen LogP contribution in [0.1, 0.15) is 29.8 Å². The number of rotatable bonds is 8. The number of ether oxygens (including phenoxy) is 1. The summed E-state index contributed by atoms with van der Waals surface area (Å²) in [7, 11) is 0. The van der Waals surface area contributed by atoms with Crippen LogP contribution in [-0.4, -0.2) is 19.1 Å². The number of nitrogens with one attached hydrogen (secondary N) is 1. The molecular weight excluding hydrogens is 310 g/mol. The molecule has 0 aliphatic rings. The van der Waals surface area contributed by atoms with Crippen molar-refractivity contribution in [3.05, 3.63) is 65.7 Å². The molecule has 0 fully saturated rings. The fraction of sp³-hybridized carbons (Fsp3) is 0.316. The van der Waals surface area contributed by atoms with Gasteiger partial charge in [0.2, 0.25) is 5.91 Å². The summed E-state index contributed by atoms with van der Waals surface area (Å²) in [5, 5.41) is 2.22. The second kappa shape index (κ2) is 9.21. The van der Waals surface area contributed by atoms with Crippen LogP contribution in [0.15, 0.2) is 54.6 Å². The highest BCUT2D eigenvalue weighted by Gasteiger charge is 2.16. The highest BCUT2D eigenvalue weighted by atomic mass is 35.5. The second-order valence-corrected chi connectivity index (χ2v) is 5.74. The van der Waals surface area contributed by atoms with E-state index in [1.54, 1.807) is 0 Å². The van der Waals surface area contributed by atoms with E-state index in [4.69, 9.17) is 16.3 Å². The molecule has 0 saturated carbocycles. The van der Waals surface area contributed by atoms with Crippen molar-refractivity contribution in [2.24, 2.45) is 0 Å². The van der Waals surface area contributed by atoms with Gasteiger partial charge in [0.25, 0.3) is 0 Å². The summed E-state index contributed by atoms with van der Waals surface area (Å²) in [6, 6.07) is 17.3. The van der Waals surface area contributed by atoms with Gasteiger partial charge in [-0.2, -0.15) is 0 Å². The van der Waals surface area contributed by atoms with Gasteiger partial charge in [-0.1, -0.05) is 49.4 Å². The number of amides is 1. The van der Waals surface area contributed by atoms with Gasteiger partial charge in [0.1, 0.15) is 11.1 Å². The summed E-state index contributed by atoms with van der Waals surface area (Å²) < 4.78 is 5.55. The van der Waals surface area contributed by atoms with Crippen LogP contribution < -0.4 is 10.1 Å². The fourth-order valence-corrected chi connectivity index (χ4v) is 2.39. The molecule has 1 amide bonds. The Bertz CT molecular complexity index is 599. The van der Waals surface area contributed by atoms with Gasteiger partial charge >= 0.3 is 0 Å². The number of hydrogen-bond donors (Lipinski definition) is 1. The van der Waals surface area contributed by atoms with E-state index < -0.39 is 5.38 Å². The highest BCUT2D eigenvalue weighted by Crippen LogP contribution is 2.19. The zero-order valence-electron chi connectivity index (χ0n) is 13.3. The first-order chi connectivity index (χ1) is 11.2. The molecule has 2 aromatic rings. The first kappa shape index (κ1) is 17.4. The number of hydrogen-bond acceptors (Lipinski definition) is 2. The molecule has 1 unspecified atom stereocenters. The molecule has 23 heavy (non-hydrogen) atoms. The van der Waals surface area contributed by atoms with Crippen molar-refractivity contribution in [3.63, 3.8) is 0 Å². The van der Waals surface area contributed by atoms with E-state index in [0.717, 1.165) is 36.3 Å². The van der Waals surface area contributed by atoms with Crippen molar-refractivity contribution >= 4 is 17.5 Å². The predicted molar refractivity (Wildman–Crippen MR) is 94.0 cm³/mol. The molecule has 122 valence electrons. The number of carbonyl (C=O) groups is 1. The fourth-order valence-electron chi connectivity index (χ4n) is 2.17. The zero-order chi connectivity index (χ0) is 16.5. The Hall–Kier alpha value is -2.00. The van der Waals surface area contributed by atoms with Crippen molar-refractivity contribution in [1.29, 1.82) is 0 Å². The van der Waals surface area contributed by atoms with Crippen LogP contribution in [0.25, 0.3) is 0 Å². The van der Waals surface area contributed by atoms with Crippen molar-refractivity contribution in [1.82, 2.24) is 5.32 Å². The van der Waals surface area contributed by atoms with Gasteiger partial charge in [0.15, 0.2) is 0 Å². The van der Waals surface area contributed by atoms with Gasteiger partial charge in [-0.05, 0) is 36.1 Å². The van der Waals surface area contributed by atoms with Gasteiger partial charge in [0, 0.05) is 6.54 Å². The van der Waals surface area contributed by atoms with Gasteiger partial charge in [0.05, 0.1) is 6.61 Å². The van der Waals surface area contributed by atoms with E-state index >= 15 is 0 Å². The molecule has 2 rings (SSSR count). The zero-order valence-corrected chi connectivity index (χ0v) is 14.1. The van der Waals surface area contributed by atoms with E-state index in [1.165, 1.54) is 0 Å². The summed E-state index contributed by atoms with van der Waals surface area (Å²) in [6.07, 6.45) is 1.76. The Balaban J connectivity index is 1.77. The minimum atomic E-state index is -0.652. The lowest BCUT2D eigenvalue weighted by Gasteiger charge is -2.11. The van der Waals surface area contributed by atoms with E-state index in [-0.39, 0.29) is 5.91 Å². The number of benzene rings is 2. The maximum atomic E-state index is 12.0. The van der Waals surface area contributed by atoms with E-state index in [2.05, 4.69) is 12.2 Å². The van der Waals surface area contributed by atoms with Crippen LogP contribution in [0, 0.1) is 0 Å². The maximum absolute atomic E-state index is 12.0. The summed E-state index contributed by atoms with van der Waals surface area (Å²) in [6.45, 7) is 3.37. The second-order valence-electron chi connectivity index (χ2n) is 5.31. The average molecular weight is 332 g/mol. The van der Waals surface area contributed by atoms with Crippen LogP contribution in [0.2, 0.25) is 0 Å². The Morgan fingerprint density at radius 3 is 2.48 bits per heavy atom. The molecule has 0 spiro atoms. The van der Waals surface area contributed by atoms with Crippen LogP contribution in [0.5, 0.6) is 5.75 Å². The minimum Gasteiger partial charge on any atom is -0.494 e. The van der Waals surface area contributed by atoms with E-state index in [0.29, 0.717) is 6.54 Å². The van der Waals surface area contributed by atoms with Gasteiger partial charge < -0.3 is 10.1 Å². The topological polar surface area (TPSA) is 38.3 Å². The molecule has 0 aliphatic heterocycles. The molecular formula is C19H22ClNO2. The standard InChI is InChI=1S/C19H22ClNO2/c1-2-14-23-17-10-8-15(9-11-17)12-13-21-19(22)18(20)16-6-4-3-5-7-16/h3-11,18H,2,12-14H2,1H3,(H,21,22). The minimum absolute atomic E-state index is 0.166. The van der Waals surface area contributed by atoms with Gasteiger partial charge in [-0.25, -0.2) is 0 Å². The molecule has 1 N–H and O–H groups in total. The Morgan fingerprint density at radius 1 is 1.13 bits per heavy atom. The number of alkyl halides is 1. The molecule has 0 aliphatic carbocycles. The Morgan fingerprint density at radius 2 is 1.83 bits per heavy atom. The van der Waals surface area contributed by atoms with Crippen LogP contribution >= 0.6 is 11.6 Å². The number of halogens is 1. The molecule has 0 bridgehead atoms. The normalized spacial score (nSPS) is 11.7. The molecule has 1 atom stereocenters. The lowest BCUT2D eigenvalue weighted by Crippen LogP contribution is -2.28. The van der Waals surface area contributed by atoms with Crippen molar-refractivity contribution in [2.75, 3.05) is 13.2 Å². The van der Waals surface area contributed by atoms with E-state index in [9.17, 15) is 4.79 Å². The van der Waals surface area contributed by atoms with Gasteiger partial charge in [-0.15, -0.1) is 11.6 Å². The summed E-state index contributed by atoms with van der Waals surface area (Å²) >= 11 is 6.18. The quantitative estimate of drug-likeness (QED) is 0.739. The van der Waals surface area contributed by atoms with Crippen molar-refractivity contribution in [3.8, 4) is 5.75 Å². The summed E-state index contributed by atoms with van der Waals surface area (Å²) in [5.41, 5.74) is 1.96. The average Bonchev–Trinajstić information content (AvgIpc) is 2.61. The molecule has 3 nitrogen and oxygen atoms in total. The SMILES string of the molecule is CCCOc1ccc(CCNC(=O)C(Cl)c2ccccc2)cc1. The smallest absolute Gasteiger partial charge is 0.242 e. The van der Waals surface area contributed by atoms with E-state index in [1.807, 2.05) is 54.6 Å². The monoisotopic (exact) mass is 331 g/mol.